The van der Waals surface area contributed by atoms with Crippen LogP contribution in [0.3, 0.4) is 0 Å². The van der Waals surface area contributed by atoms with Crippen LogP contribution in [-0.4, -0.2) is 14.8 Å². The minimum Gasteiger partial charge on any atom is -0.285 e. The number of nitrogens with zero attached hydrogens (tertiary/aromatic N) is 3. The van der Waals surface area contributed by atoms with Gasteiger partial charge in [0.05, 0.1) is 0 Å². The van der Waals surface area contributed by atoms with Crippen molar-refractivity contribution < 1.29 is 0 Å². The smallest absolute Gasteiger partial charge is 0.141 e. The minimum atomic E-state index is 0.788. The van der Waals surface area contributed by atoms with Crippen molar-refractivity contribution in [2.24, 2.45) is 0 Å². The Balaban J connectivity index is 1.92. The van der Waals surface area contributed by atoms with Gasteiger partial charge in [-0.15, -0.1) is 10.2 Å². The first kappa shape index (κ1) is 12.6. The topological polar surface area (TPSA) is 30.7 Å². The van der Waals surface area contributed by atoms with E-state index in [1.165, 1.54) is 16.7 Å². The summed E-state index contributed by atoms with van der Waals surface area (Å²) in [5.41, 5.74) is 4.99. The summed E-state index contributed by atoms with van der Waals surface area (Å²) in [5.74, 6) is 0.958. The third-order valence-electron chi connectivity index (χ3n) is 3.59. The van der Waals surface area contributed by atoms with E-state index in [2.05, 4.69) is 54.4 Å². The molecule has 0 spiro atoms. The highest BCUT2D eigenvalue weighted by Gasteiger charge is 2.07. The summed E-state index contributed by atoms with van der Waals surface area (Å²) >= 11 is 0. The summed E-state index contributed by atoms with van der Waals surface area (Å²) in [7, 11) is 0. The molecule has 0 aliphatic carbocycles. The number of para-hydroxylation sites is 1. The summed E-state index contributed by atoms with van der Waals surface area (Å²) in [4.78, 5) is 0. The van der Waals surface area contributed by atoms with Crippen LogP contribution in [0, 0.1) is 13.8 Å². The van der Waals surface area contributed by atoms with Gasteiger partial charge in [0.2, 0.25) is 0 Å². The van der Waals surface area contributed by atoms with Gasteiger partial charge in [-0.05, 0) is 42.7 Å². The van der Waals surface area contributed by atoms with E-state index < -0.39 is 0 Å². The zero-order valence-corrected chi connectivity index (χ0v) is 11.7. The Bertz CT molecular complexity index is 714. The van der Waals surface area contributed by atoms with Crippen molar-refractivity contribution in [1.29, 1.82) is 0 Å². The normalized spacial score (nSPS) is 10.7. The van der Waals surface area contributed by atoms with E-state index in [4.69, 9.17) is 0 Å². The largest absolute Gasteiger partial charge is 0.285 e. The highest BCUT2D eigenvalue weighted by molar-refractivity contribution is 5.35. The third kappa shape index (κ3) is 2.48. The average molecular weight is 263 g/mol. The number of hydrogen-bond donors (Lipinski definition) is 0. The minimum absolute atomic E-state index is 0.788. The predicted octanol–water partition coefficient (Wildman–Crippen LogP) is 3.47. The molecule has 0 fully saturated rings. The number of aryl methyl sites for hydroxylation is 2. The Morgan fingerprint density at radius 2 is 1.75 bits per heavy atom. The van der Waals surface area contributed by atoms with Crippen LogP contribution >= 0.6 is 0 Å². The van der Waals surface area contributed by atoms with Gasteiger partial charge >= 0.3 is 0 Å². The maximum Gasteiger partial charge on any atom is 0.141 e. The monoisotopic (exact) mass is 263 g/mol. The SMILES string of the molecule is Cc1ccc(Cc2nncn2-c2ccccc2)cc1C. The lowest BCUT2D eigenvalue weighted by Gasteiger charge is -2.08. The van der Waals surface area contributed by atoms with Crippen LogP contribution in [0.4, 0.5) is 0 Å². The molecule has 0 bridgehead atoms. The van der Waals surface area contributed by atoms with Crippen molar-refractivity contribution >= 4 is 0 Å². The summed E-state index contributed by atoms with van der Waals surface area (Å²) < 4.78 is 2.04. The molecule has 0 radical (unpaired) electrons. The maximum absolute atomic E-state index is 4.25. The van der Waals surface area contributed by atoms with E-state index in [-0.39, 0.29) is 0 Å². The molecule has 1 aromatic heterocycles. The predicted molar refractivity (Wildman–Crippen MR) is 80.1 cm³/mol. The van der Waals surface area contributed by atoms with Gasteiger partial charge in [0, 0.05) is 12.1 Å². The van der Waals surface area contributed by atoms with Crippen LogP contribution in [0.1, 0.15) is 22.5 Å². The fourth-order valence-corrected chi connectivity index (χ4v) is 2.28. The second-order valence-electron chi connectivity index (χ2n) is 5.05. The molecule has 20 heavy (non-hydrogen) atoms. The summed E-state index contributed by atoms with van der Waals surface area (Å²) in [6, 6.07) is 16.7. The Hall–Kier alpha value is -2.42. The number of benzene rings is 2. The molecule has 0 saturated carbocycles. The zero-order valence-electron chi connectivity index (χ0n) is 11.7. The average Bonchev–Trinajstić information content (AvgIpc) is 2.92. The second-order valence-corrected chi connectivity index (χ2v) is 5.05. The summed E-state index contributed by atoms with van der Waals surface area (Å²) in [5, 5.41) is 8.30. The van der Waals surface area contributed by atoms with Gasteiger partial charge in [0.15, 0.2) is 0 Å². The van der Waals surface area contributed by atoms with E-state index in [0.717, 1.165) is 17.9 Å². The third-order valence-corrected chi connectivity index (χ3v) is 3.59. The molecule has 0 saturated heterocycles. The van der Waals surface area contributed by atoms with Crippen molar-refractivity contribution in [3.63, 3.8) is 0 Å². The molecule has 0 unspecified atom stereocenters. The van der Waals surface area contributed by atoms with Crippen LogP contribution in [0.15, 0.2) is 54.9 Å². The van der Waals surface area contributed by atoms with Crippen LogP contribution in [-0.2, 0) is 6.42 Å². The number of hydrogen-bond acceptors (Lipinski definition) is 2. The van der Waals surface area contributed by atoms with E-state index in [9.17, 15) is 0 Å². The Kier molecular flexibility index (Phi) is 3.33. The maximum atomic E-state index is 4.25. The Labute approximate surface area is 118 Å². The molecular weight excluding hydrogens is 246 g/mol. The Morgan fingerprint density at radius 3 is 2.50 bits per heavy atom. The molecule has 0 aliphatic rings. The summed E-state index contributed by atoms with van der Waals surface area (Å²) in [6.07, 6.45) is 2.56. The van der Waals surface area contributed by atoms with Crippen LogP contribution in [0.5, 0.6) is 0 Å². The van der Waals surface area contributed by atoms with Crippen molar-refractivity contribution in [1.82, 2.24) is 14.8 Å². The first-order valence-corrected chi connectivity index (χ1v) is 6.74. The quantitative estimate of drug-likeness (QED) is 0.724. The van der Waals surface area contributed by atoms with E-state index in [0.29, 0.717) is 0 Å². The molecule has 3 nitrogen and oxygen atoms in total. The first-order valence-electron chi connectivity index (χ1n) is 6.74. The number of rotatable bonds is 3. The lowest BCUT2D eigenvalue weighted by Crippen LogP contribution is -2.01. The van der Waals surface area contributed by atoms with Gasteiger partial charge in [0.25, 0.3) is 0 Å². The van der Waals surface area contributed by atoms with Gasteiger partial charge in [0.1, 0.15) is 12.2 Å². The number of aromatic nitrogens is 3. The lowest BCUT2D eigenvalue weighted by molar-refractivity contribution is 0.904. The van der Waals surface area contributed by atoms with Gasteiger partial charge in [-0.2, -0.15) is 0 Å². The van der Waals surface area contributed by atoms with Gasteiger partial charge in [-0.3, -0.25) is 4.57 Å². The van der Waals surface area contributed by atoms with E-state index in [1.807, 2.05) is 22.8 Å². The van der Waals surface area contributed by atoms with Crippen LogP contribution < -0.4 is 0 Å². The fourth-order valence-electron chi connectivity index (χ4n) is 2.28. The molecule has 3 aromatic rings. The lowest BCUT2D eigenvalue weighted by atomic mass is 10.0. The van der Waals surface area contributed by atoms with E-state index >= 15 is 0 Å². The summed E-state index contributed by atoms with van der Waals surface area (Å²) in [6.45, 7) is 4.27. The molecule has 1 heterocycles. The standard InChI is InChI=1S/C17H17N3/c1-13-8-9-15(10-14(13)2)11-17-19-18-12-20(17)16-6-4-3-5-7-16/h3-10,12H,11H2,1-2H3. The molecule has 2 aromatic carbocycles. The molecular formula is C17H17N3. The van der Waals surface area contributed by atoms with Gasteiger partial charge in [-0.1, -0.05) is 36.4 Å². The van der Waals surface area contributed by atoms with Gasteiger partial charge in [-0.25, -0.2) is 0 Å². The van der Waals surface area contributed by atoms with Crippen molar-refractivity contribution in [2.45, 2.75) is 20.3 Å². The second kappa shape index (κ2) is 5.29. The highest BCUT2D eigenvalue weighted by atomic mass is 15.3. The Morgan fingerprint density at radius 1 is 0.950 bits per heavy atom. The molecule has 0 atom stereocenters. The van der Waals surface area contributed by atoms with Crippen molar-refractivity contribution in [3.05, 3.63) is 77.4 Å². The molecule has 0 aliphatic heterocycles. The molecule has 0 amide bonds. The van der Waals surface area contributed by atoms with Crippen LogP contribution in [0.2, 0.25) is 0 Å². The van der Waals surface area contributed by atoms with Crippen LogP contribution in [0.25, 0.3) is 5.69 Å². The van der Waals surface area contributed by atoms with Gasteiger partial charge < -0.3 is 0 Å². The zero-order chi connectivity index (χ0) is 13.9. The molecule has 3 heteroatoms. The van der Waals surface area contributed by atoms with Crippen molar-refractivity contribution in [2.75, 3.05) is 0 Å². The molecule has 0 N–H and O–H groups in total. The van der Waals surface area contributed by atoms with E-state index in [1.54, 1.807) is 6.33 Å². The molecule has 3 rings (SSSR count). The highest BCUT2D eigenvalue weighted by Crippen LogP contribution is 2.15. The first-order chi connectivity index (χ1) is 9.74. The fraction of sp³-hybridized carbons (Fsp3) is 0.176. The van der Waals surface area contributed by atoms with Crippen molar-refractivity contribution in [3.8, 4) is 5.69 Å². The molecule has 100 valence electrons.